The molecule has 0 bridgehead atoms. The van der Waals surface area contributed by atoms with Crippen LogP contribution in [0.4, 0.5) is 65.9 Å². The molecular weight excluding hydrogens is 1330 g/mol. The quantitative estimate of drug-likeness (QED) is 0.0703. The standard InChI is InChI=1S/C18H30N6.3C6HF5S.2Bi.H2N.2H/c1-7-19-8-2-13(1)16-22-17(14-3-9-20-10-4-14)24-18(23-16)15-5-11-21-12-6-15;3*7-1-2(8)4(10)6(12)5(11)3(1)9;;;;;/h1-2,7,14-18,20,22-24H,3-6,8-12H2;3*12H;;;1H2;;/q-2;;;;;+1;-1;;/p-3. The predicted octanol–water partition coefficient (Wildman–Crippen LogP) is 7.64. The zero-order valence-electron chi connectivity index (χ0n) is 31.9. The summed E-state index contributed by atoms with van der Waals surface area (Å²) in [5.41, 5.74) is 1.33. The van der Waals surface area contributed by atoms with E-state index in [1.165, 1.54) is 31.3 Å². The molecule has 0 aliphatic carbocycles. The van der Waals surface area contributed by atoms with Crippen molar-refractivity contribution in [1.82, 2.24) is 21.3 Å². The molecule has 0 saturated carbocycles. The van der Waals surface area contributed by atoms with Gasteiger partial charge >= 0.3 is 26.2 Å². The number of piperidine rings is 2. The third-order valence-electron chi connectivity index (χ3n) is 9.34. The molecule has 0 spiro atoms. The second-order valence-electron chi connectivity index (χ2n) is 13.1. The summed E-state index contributed by atoms with van der Waals surface area (Å²) < 4.78 is 184. The Morgan fingerprint density at radius 2 is 0.794 bits per heavy atom. The topological polar surface area (TPSA) is 110 Å². The van der Waals surface area contributed by atoms with Gasteiger partial charge in [0.25, 0.3) is 0 Å². The van der Waals surface area contributed by atoms with Crippen LogP contribution in [0.2, 0.25) is 0 Å². The van der Waals surface area contributed by atoms with Gasteiger partial charge in [-0.1, -0.05) is 39.7 Å². The third-order valence-corrected chi connectivity index (χ3v) is 10.4. The normalized spacial score (nSPS) is 19.7. The van der Waals surface area contributed by atoms with E-state index in [9.17, 15) is 65.9 Å². The van der Waals surface area contributed by atoms with Gasteiger partial charge in [-0.2, -0.15) is 6.20 Å². The Morgan fingerprint density at radius 1 is 0.476 bits per heavy atom. The summed E-state index contributed by atoms with van der Waals surface area (Å²) >= 11 is 11.8. The van der Waals surface area contributed by atoms with E-state index >= 15 is 0 Å². The van der Waals surface area contributed by atoms with Gasteiger partial charge in [-0.15, -0.1) is 19.6 Å². The van der Waals surface area contributed by atoms with Crippen LogP contribution >= 0.6 is 0 Å². The van der Waals surface area contributed by atoms with Gasteiger partial charge in [0.2, 0.25) is 0 Å². The van der Waals surface area contributed by atoms with Gasteiger partial charge in [-0.25, -0.2) is 65.9 Å². The van der Waals surface area contributed by atoms with Crippen molar-refractivity contribution in [2.24, 2.45) is 11.8 Å². The van der Waals surface area contributed by atoms with Crippen molar-refractivity contribution in [3.8, 4) is 0 Å². The first kappa shape index (κ1) is 59.1. The average Bonchev–Trinajstić information content (AvgIpc) is 3.29. The van der Waals surface area contributed by atoms with Crippen LogP contribution in [0.3, 0.4) is 0 Å². The average molecular weight is 1360 g/mol. The molecule has 3 aromatic carbocycles. The van der Waals surface area contributed by atoms with Crippen molar-refractivity contribution < 1.29 is 65.9 Å². The van der Waals surface area contributed by atoms with Crippen LogP contribution in [0.15, 0.2) is 38.6 Å². The van der Waals surface area contributed by atoms with Crippen molar-refractivity contribution in [3.05, 3.63) is 128 Å². The van der Waals surface area contributed by atoms with Gasteiger partial charge in [-0.05, 0) is 43.3 Å². The smallest absolute Gasteiger partial charge is 0 e. The first-order valence-corrected chi connectivity index (χ1v) is 18.7. The molecule has 0 aromatic heterocycles. The van der Waals surface area contributed by atoms with Crippen molar-refractivity contribution in [2.45, 2.75) is 58.9 Å². The molecule has 5 radical (unpaired) electrons. The van der Waals surface area contributed by atoms with Crippen LogP contribution in [0.5, 0.6) is 0 Å². The second-order valence-corrected chi connectivity index (χ2v) is 14.3. The Hall–Kier alpha value is -1.92. The molecule has 4 heterocycles. The van der Waals surface area contributed by atoms with Gasteiger partial charge in [0.1, 0.15) is 34.9 Å². The summed E-state index contributed by atoms with van der Waals surface area (Å²) in [6.07, 6.45) is 12.2. The molecule has 3 unspecified atom stereocenters. The van der Waals surface area contributed by atoms with E-state index in [1.54, 1.807) is 0 Å². The van der Waals surface area contributed by atoms with Crippen molar-refractivity contribution in [1.29, 1.82) is 0 Å². The summed E-state index contributed by atoms with van der Waals surface area (Å²) in [7, 11) is 0. The number of rotatable bonds is 3. The number of nitrogens with zero attached hydrogens (tertiary/aromatic N) is 2. The minimum atomic E-state index is -2.20. The maximum Gasteiger partial charge on any atom is 0 e. The van der Waals surface area contributed by atoms with Gasteiger partial charge in [0.05, 0.1) is 18.5 Å². The van der Waals surface area contributed by atoms with E-state index in [0.29, 0.717) is 24.2 Å². The fraction of sp³-hybridized carbons (Fsp3) is 0.389. The molecule has 3 saturated heterocycles. The Bertz CT molecular complexity index is 1580. The first-order chi connectivity index (χ1) is 28.3. The molecule has 7 nitrogen and oxygen atoms in total. The molecule has 4 aliphatic heterocycles. The van der Waals surface area contributed by atoms with E-state index in [2.05, 4.69) is 81.9 Å². The maximum absolute atomic E-state index is 12.3. The number of halogens is 15. The van der Waals surface area contributed by atoms with Gasteiger partial charge in [0.15, 0.2) is 52.4 Å². The van der Waals surface area contributed by atoms with Crippen LogP contribution in [0.1, 0.15) is 25.7 Å². The van der Waals surface area contributed by atoms with E-state index in [4.69, 9.17) is 0 Å². The molecule has 4 aliphatic rings. The zero-order valence-corrected chi connectivity index (χ0v) is 42.3. The Balaban J connectivity index is 0.000000440. The van der Waals surface area contributed by atoms with Crippen LogP contribution < -0.4 is 21.3 Å². The first-order valence-electron chi connectivity index (χ1n) is 17.5. The molecule has 0 amide bonds. The van der Waals surface area contributed by atoms with Crippen LogP contribution in [0, 0.1) is 99.1 Å². The van der Waals surface area contributed by atoms with Gasteiger partial charge < -0.3 is 60.0 Å². The van der Waals surface area contributed by atoms with Crippen molar-refractivity contribution in [2.75, 3.05) is 32.7 Å². The largest absolute Gasteiger partial charge is 0.693 e. The molecule has 3 fully saturated rings. The summed E-state index contributed by atoms with van der Waals surface area (Å²) in [6, 6.07) is 0. The number of benzene rings is 3. The summed E-state index contributed by atoms with van der Waals surface area (Å²) in [5.74, 6) is -29.1. The van der Waals surface area contributed by atoms with E-state index in [0.717, 1.165) is 32.7 Å². The molecule has 27 heteroatoms. The van der Waals surface area contributed by atoms with Gasteiger partial charge in [0, 0.05) is 26.2 Å². The second kappa shape index (κ2) is 27.0. The van der Waals surface area contributed by atoms with Crippen LogP contribution in [-0.4, -0.2) is 104 Å². The SMILES string of the molecule is C1=CC(C2NC(C3CC[N-]CC3)NC(C3CCNCC3)N2)=CC[N-]1.Fc1c(F)c(F)c([S-])c(F)c1F.Fc1c(F)c(F)c([S-])c(F)c1F.Fc1c(F)c(F)c([S-])c(F)c1F.[BiH2+].[Bi].[NH2-]. The minimum Gasteiger partial charge on any atom is -0.693 e. The minimum absolute atomic E-state index is 0. The Morgan fingerprint density at radius 3 is 1.11 bits per heavy atom. The molecule has 6 N–H and O–H groups in total. The van der Waals surface area contributed by atoms with Gasteiger partial charge in [-0.3, -0.25) is 16.0 Å². The molecule has 3 atom stereocenters. The summed E-state index contributed by atoms with van der Waals surface area (Å²) in [6.45, 7) is 5.10. The van der Waals surface area contributed by atoms with E-state index < -0.39 is 102 Å². The molecule has 351 valence electrons. The Kier molecular flexibility index (Phi) is 25.4. The molecular formula is C36H34Bi2F15N7S3-5. The zero-order chi connectivity index (χ0) is 44.6. The maximum atomic E-state index is 12.3. The molecule has 63 heavy (non-hydrogen) atoms. The Labute approximate surface area is 406 Å². The fourth-order valence-electron chi connectivity index (χ4n) is 6.11. The van der Waals surface area contributed by atoms with E-state index in [1.807, 2.05) is 6.20 Å². The number of nitrogens with two attached hydrogens (primary N) is 1. The van der Waals surface area contributed by atoms with E-state index in [-0.39, 0.29) is 64.7 Å². The molecule has 3 aromatic rings. The predicted molar refractivity (Wildman–Crippen MR) is 213 cm³/mol. The van der Waals surface area contributed by atoms with Crippen LogP contribution in [0.25, 0.3) is 16.8 Å². The summed E-state index contributed by atoms with van der Waals surface area (Å²) in [5, 5.41) is 23.8. The number of hydrogen-bond donors (Lipinski definition) is 4. The number of nitrogens with one attached hydrogen (secondary N) is 4. The summed E-state index contributed by atoms with van der Waals surface area (Å²) in [4.78, 5) is -3.86. The van der Waals surface area contributed by atoms with Crippen LogP contribution in [-0.2, 0) is 37.9 Å². The van der Waals surface area contributed by atoms with Crippen molar-refractivity contribution in [3.63, 3.8) is 0 Å². The van der Waals surface area contributed by atoms with Crippen molar-refractivity contribution >= 4 is 90.3 Å². The monoisotopic (exact) mass is 1360 g/mol. The molecule has 7 rings (SSSR count). The fourth-order valence-corrected chi connectivity index (χ4v) is 6.65. The third kappa shape index (κ3) is 14.5. The number of hydrogen-bond acceptors (Lipinski definition) is 7.